The van der Waals surface area contributed by atoms with Crippen molar-refractivity contribution < 1.29 is 4.79 Å². The van der Waals surface area contributed by atoms with Crippen LogP contribution in [0.25, 0.3) is 0 Å². The van der Waals surface area contributed by atoms with Gasteiger partial charge in [0, 0.05) is 18.3 Å². The number of rotatable bonds is 3. The summed E-state index contributed by atoms with van der Waals surface area (Å²) >= 11 is 0. The molecule has 0 aliphatic heterocycles. The Hall–Kier alpha value is -1.11. The molecule has 1 aromatic rings. The number of Topliss-reactive ketones (excluding diaryl/α,β-unsaturated/α-hetero) is 1. The van der Waals surface area contributed by atoms with Crippen molar-refractivity contribution >= 4 is 5.78 Å². The fraction of sp³-hybridized carbons (Fsp3) is 0.533. The van der Waals surface area contributed by atoms with Gasteiger partial charge in [-0.05, 0) is 23.5 Å². The van der Waals surface area contributed by atoms with E-state index >= 15 is 0 Å². The lowest BCUT2D eigenvalue weighted by Crippen LogP contribution is -2.34. The fourth-order valence-corrected chi connectivity index (χ4v) is 2.56. The number of hydrogen-bond acceptors (Lipinski definition) is 1. The lowest BCUT2D eigenvalue weighted by atomic mass is 9.67. The molecule has 1 heteroatoms. The zero-order valence-corrected chi connectivity index (χ0v) is 10.4. The number of carbonyl (C=O) groups excluding carboxylic acids is 1. The van der Waals surface area contributed by atoms with Gasteiger partial charge < -0.3 is 0 Å². The van der Waals surface area contributed by atoms with E-state index < -0.39 is 0 Å². The summed E-state index contributed by atoms with van der Waals surface area (Å²) in [5.74, 6) is 1.79. The maximum absolute atomic E-state index is 11.4. The molecule has 1 aliphatic carbocycles. The molecule has 0 radical (unpaired) electrons. The van der Waals surface area contributed by atoms with Gasteiger partial charge in [-0.15, -0.1) is 0 Å². The maximum atomic E-state index is 11.4. The topological polar surface area (TPSA) is 17.1 Å². The van der Waals surface area contributed by atoms with Crippen LogP contribution in [-0.4, -0.2) is 5.78 Å². The molecule has 0 N–H and O–H groups in total. The third-order valence-electron chi connectivity index (χ3n) is 3.79. The van der Waals surface area contributed by atoms with E-state index in [0.717, 1.165) is 12.8 Å². The monoisotopic (exact) mass is 216 g/mol. The molecule has 2 rings (SSSR count). The van der Waals surface area contributed by atoms with E-state index in [9.17, 15) is 4.79 Å². The molecular formula is C15H20O. The maximum Gasteiger partial charge on any atom is 0.137 e. The second-order valence-corrected chi connectivity index (χ2v) is 5.11. The van der Waals surface area contributed by atoms with E-state index in [1.54, 1.807) is 0 Å². The third kappa shape index (κ3) is 1.91. The van der Waals surface area contributed by atoms with Crippen molar-refractivity contribution in [3.63, 3.8) is 0 Å². The number of benzene rings is 1. The van der Waals surface area contributed by atoms with E-state index in [1.807, 2.05) is 0 Å². The van der Waals surface area contributed by atoms with Crippen molar-refractivity contribution in [2.45, 2.75) is 45.4 Å². The summed E-state index contributed by atoms with van der Waals surface area (Å²) in [5.41, 5.74) is 2.72. The standard InChI is InChI=1S/C15H20O/c1-4-13-14(9-15(13)16)12-7-5-11(6-8-12)10(2)3/h5-8,10,13-14H,4,9H2,1-3H3. The minimum atomic E-state index is 0.282. The zero-order chi connectivity index (χ0) is 11.7. The van der Waals surface area contributed by atoms with Gasteiger partial charge in [-0.2, -0.15) is 0 Å². The summed E-state index contributed by atoms with van der Waals surface area (Å²) in [6, 6.07) is 8.81. The average molecular weight is 216 g/mol. The number of carbonyl (C=O) groups is 1. The highest BCUT2D eigenvalue weighted by molar-refractivity contribution is 5.89. The summed E-state index contributed by atoms with van der Waals surface area (Å²) in [7, 11) is 0. The second kappa shape index (κ2) is 4.40. The Morgan fingerprint density at radius 2 is 1.88 bits per heavy atom. The van der Waals surface area contributed by atoms with Gasteiger partial charge in [0.25, 0.3) is 0 Å². The molecule has 16 heavy (non-hydrogen) atoms. The molecular weight excluding hydrogens is 196 g/mol. The highest BCUT2D eigenvalue weighted by atomic mass is 16.1. The minimum absolute atomic E-state index is 0.282. The van der Waals surface area contributed by atoms with Crippen molar-refractivity contribution in [1.29, 1.82) is 0 Å². The molecule has 0 spiro atoms. The van der Waals surface area contributed by atoms with Gasteiger partial charge in [0.05, 0.1) is 0 Å². The summed E-state index contributed by atoms with van der Waals surface area (Å²) in [4.78, 5) is 11.4. The molecule has 0 heterocycles. The van der Waals surface area contributed by atoms with Gasteiger partial charge in [0.1, 0.15) is 5.78 Å². The Balaban J connectivity index is 2.14. The average Bonchev–Trinajstić information content (AvgIpc) is 2.26. The predicted molar refractivity (Wildman–Crippen MR) is 66.7 cm³/mol. The van der Waals surface area contributed by atoms with Gasteiger partial charge in [0.15, 0.2) is 0 Å². The number of ketones is 1. The summed E-state index contributed by atoms with van der Waals surface area (Å²) in [5, 5.41) is 0. The molecule has 0 aromatic heterocycles. The fourth-order valence-electron chi connectivity index (χ4n) is 2.56. The number of hydrogen-bond donors (Lipinski definition) is 0. The molecule has 86 valence electrons. The van der Waals surface area contributed by atoms with E-state index in [4.69, 9.17) is 0 Å². The summed E-state index contributed by atoms with van der Waals surface area (Å²) in [6.07, 6.45) is 1.73. The van der Waals surface area contributed by atoms with Crippen LogP contribution < -0.4 is 0 Å². The highest BCUT2D eigenvalue weighted by Crippen LogP contribution is 2.41. The Bertz CT molecular complexity index is 375. The molecule has 1 aliphatic rings. The van der Waals surface area contributed by atoms with Gasteiger partial charge in [-0.1, -0.05) is 45.0 Å². The highest BCUT2D eigenvalue weighted by Gasteiger charge is 2.38. The Morgan fingerprint density at radius 3 is 2.31 bits per heavy atom. The molecule has 0 amide bonds. The molecule has 1 aromatic carbocycles. The first-order valence-corrected chi connectivity index (χ1v) is 6.26. The van der Waals surface area contributed by atoms with Crippen molar-refractivity contribution in [3.05, 3.63) is 35.4 Å². The van der Waals surface area contributed by atoms with Crippen LogP contribution >= 0.6 is 0 Å². The minimum Gasteiger partial charge on any atom is -0.299 e. The lowest BCUT2D eigenvalue weighted by Gasteiger charge is -2.34. The Morgan fingerprint density at radius 1 is 1.25 bits per heavy atom. The van der Waals surface area contributed by atoms with E-state index in [0.29, 0.717) is 17.6 Å². The first kappa shape index (κ1) is 11.4. The second-order valence-electron chi connectivity index (χ2n) is 5.11. The van der Waals surface area contributed by atoms with Crippen LogP contribution in [0.15, 0.2) is 24.3 Å². The first-order chi connectivity index (χ1) is 7.63. The third-order valence-corrected chi connectivity index (χ3v) is 3.79. The van der Waals surface area contributed by atoms with Crippen LogP contribution in [0.2, 0.25) is 0 Å². The molecule has 0 bridgehead atoms. The molecule has 1 nitrogen and oxygen atoms in total. The van der Waals surface area contributed by atoms with Crippen LogP contribution in [0, 0.1) is 5.92 Å². The Labute approximate surface area is 97.9 Å². The Kier molecular flexibility index (Phi) is 3.13. The van der Waals surface area contributed by atoms with Crippen LogP contribution in [0.4, 0.5) is 0 Å². The molecule has 0 saturated heterocycles. The van der Waals surface area contributed by atoms with Gasteiger partial charge in [0.2, 0.25) is 0 Å². The van der Waals surface area contributed by atoms with Gasteiger partial charge in [-0.25, -0.2) is 0 Å². The van der Waals surface area contributed by atoms with Crippen LogP contribution in [0.1, 0.15) is 56.6 Å². The smallest absolute Gasteiger partial charge is 0.137 e. The van der Waals surface area contributed by atoms with E-state index in [2.05, 4.69) is 45.0 Å². The summed E-state index contributed by atoms with van der Waals surface area (Å²) in [6.45, 7) is 6.52. The van der Waals surface area contributed by atoms with Gasteiger partial charge in [-0.3, -0.25) is 4.79 Å². The normalized spacial score (nSPS) is 24.6. The lowest BCUT2D eigenvalue weighted by molar-refractivity contribution is -0.131. The van der Waals surface area contributed by atoms with Crippen molar-refractivity contribution in [2.75, 3.05) is 0 Å². The predicted octanol–water partition coefficient (Wildman–Crippen LogP) is 3.89. The van der Waals surface area contributed by atoms with Crippen molar-refractivity contribution in [1.82, 2.24) is 0 Å². The van der Waals surface area contributed by atoms with Gasteiger partial charge >= 0.3 is 0 Å². The SMILES string of the molecule is CCC1C(=O)CC1c1ccc(C(C)C)cc1. The molecule has 2 unspecified atom stereocenters. The van der Waals surface area contributed by atoms with Crippen LogP contribution in [-0.2, 0) is 4.79 Å². The zero-order valence-electron chi connectivity index (χ0n) is 10.4. The van der Waals surface area contributed by atoms with Crippen molar-refractivity contribution in [3.8, 4) is 0 Å². The van der Waals surface area contributed by atoms with Crippen molar-refractivity contribution in [2.24, 2.45) is 5.92 Å². The van der Waals surface area contributed by atoms with E-state index in [1.165, 1.54) is 11.1 Å². The largest absolute Gasteiger partial charge is 0.299 e. The molecule has 2 atom stereocenters. The molecule has 1 saturated carbocycles. The van der Waals surface area contributed by atoms with Crippen LogP contribution in [0.3, 0.4) is 0 Å². The van der Waals surface area contributed by atoms with Crippen LogP contribution in [0.5, 0.6) is 0 Å². The quantitative estimate of drug-likeness (QED) is 0.749. The molecule has 1 fully saturated rings. The first-order valence-electron chi connectivity index (χ1n) is 6.26. The van der Waals surface area contributed by atoms with E-state index in [-0.39, 0.29) is 5.92 Å². The summed E-state index contributed by atoms with van der Waals surface area (Å²) < 4.78 is 0.